The van der Waals surface area contributed by atoms with Crippen molar-refractivity contribution < 1.29 is 22.7 Å². The summed E-state index contributed by atoms with van der Waals surface area (Å²) in [6.45, 7) is 1.42. The average Bonchev–Trinajstić information content (AvgIpc) is 3.21. The molecule has 0 aliphatic carbocycles. The van der Waals surface area contributed by atoms with E-state index in [2.05, 4.69) is 15.4 Å². The molecule has 0 bridgehead atoms. The Morgan fingerprint density at radius 3 is 2.70 bits per heavy atom. The summed E-state index contributed by atoms with van der Waals surface area (Å²) >= 11 is 1.24. The van der Waals surface area contributed by atoms with Gasteiger partial charge in [0.05, 0.1) is 17.8 Å². The van der Waals surface area contributed by atoms with Crippen LogP contribution in [0.2, 0.25) is 0 Å². The van der Waals surface area contributed by atoms with Crippen LogP contribution in [-0.2, 0) is 17.5 Å². The topological polar surface area (TPSA) is 85.6 Å². The molecule has 33 heavy (non-hydrogen) atoms. The molecule has 7 nitrogen and oxygen atoms in total. The van der Waals surface area contributed by atoms with E-state index >= 15 is 0 Å². The van der Waals surface area contributed by atoms with Crippen LogP contribution >= 0.6 is 11.3 Å². The minimum atomic E-state index is -4.50. The van der Waals surface area contributed by atoms with Gasteiger partial charge >= 0.3 is 6.18 Å². The Morgan fingerprint density at radius 1 is 1.15 bits per heavy atom. The lowest BCUT2D eigenvalue weighted by atomic mass is 10.1. The first kappa shape index (κ1) is 22.5. The maximum Gasteiger partial charge on any atom is 0.416 e. The van der Waals surface area contributed by atoms with Gasteiger partial charge in [0.1, 0.15) is 10.8 Å². The van der Waals surface area contributed by atoms with Crippen LogP contribution in [0, 0.1) is 6.92 Å². The van der Waals surface area contributed by atoms with E-state index in [1.54, 1.807) is 0 Å². The predicted molar refractivity (Wildman–Crippen MR) is 116 cm³/mol. The first-order valence-corrected chi connectivity index (χ1v) is 10.5. The smallest absolute Gasteiger partial charge is 0.416 e. The molecular formula is C22H17F3N4O3S. The number of carbonyl (C=O) groups is 1. The van der Waals surface area contributed by atoms with Crippen molar-refractivity contribution in [2.75, 3.05) is 6.61 Å². The van der Waals surface area contributed by atoms with Crippen molar-refractivity contribution >= 4 is 22.2 Å². The molecule has 170 valence electrons. The molecule has 1 N–H and O–H groups in total. The van der Waals surface area contributed by atoms with Gasteiger partial charge in [-0.3, -0.25) is 9.59 Å². The number of nitrogens with one attached hydrogen (secondary N) is 1. The van der Waals surface area contributed by atoms with Gasteiger partial charge in [-0.15, -0.1) is 0 Å². The fourth-order valence-corrected chi connectivity index (χ4v) is 3.91. The Kier molecular flexibility index (Phi) is 6.14. The third-order valence-corrected chi connectivity index (χ3v) is 5.52. The molecule has 4 aromatic rings. The van der Waals surface area contributed by atoms with Gasteiger partial charge in [-0.05, 0) is 31.2 Å². The number of aryl methyl sites for hydroxylation is 1. The van der Waals surface area contributed by atoms with E-state index in [0.717, 1.165) is 23.3 Å². The van der Waals surface area contributed by atoms with Gasteiger partial charge in [-0.25, -0.2) is 4.98 Å². The summed E-state index contributed by atoms with van der Waals surface area (Å²) in [5, 5.41) is 7.50. The Labute approximate surface area is 189 Å². The SMILES string of the molecule is Cc1cccc(-c2nn3c(=O)cc(CNC(=O)COc4cccc(C(F)(F)F)c4)nc3s2)c1. The quantitative estimate of drug-likeness (QED) is 0.459. The number of aromatic nitrogens is 3. The molecule has 4 rings (SSSR count). The molecule has 0 unspecified atom stereocenters. The van der Waals surface area contributed by atoms with Crippen molar-refractivity contribution in [3.63, 3.8) is 0 Å². The zero-order valence-corrected chi connectivity index (χ0v) is 18.0. The van der Waals surface area contributed by atoms with E-state index < -0.39 is 24.3 Å². The number of hydrogen-bond acceptors (Lipinski definition) is 6. The van der Waals surface area contributed by atoms with Gasteiger partial charge in [0.2, 0.25) is 4.96 Å². The monoisotopic (exact) mass is 474 g/mol. The first-order valence-electron chi connectivity index (χ1n) is 9.73. The van der Waals surface area contributed by atoms with Crippen molar-refractivity contribution in [2.45, 2.75) is 19.6 Å². The Morgan fingerprint density at radius 2 is 1.94 bits per heavy atom. The van der Waals surface area contributed by atoms with Crippen LogP contribution in [0.5, 0.6) is 5.75 Å². The largest absolute Gasteiger partial charge is 0.484 e. The number of fused-ring (bicyclic) bond motifs is 1. The summed E-state index contributed by atoms with van der Waals surface area (Å²) in [5.41, 5.74) is 0.994. The van der Waals surface area contributed by atoms with Gasteiger partial charge in [-0.1, -0.05) is 41.2 Å². The normalized spacial score (nSPS) is 11.5. The summed E-state index contributed by atoms with van der Waals surface area (Å²) in [6.07, 6.45) is -4.50. The van der Waals surface area contributed by atoms with Crippen LogP contribution in [0.3, 0.4) is 0 Å². The van der Waals surface area contributed by atoms with Crippen LogP contribution in [0.1, 0.15) is 16.8 Å². The van der Waals surface area contributed by atoms with Gasteiger partial charge in [0.25, 0.3) is 11.5 Å². The number of nitrogens with zero attached hydrogens (tertiary/aromatic N) is 3. The third kappa shape index (κ3) is 5.37. The fraction of sp³-hybridized carbons (Fsp3) is 0.182. The Balaban J connectivity index is 1.41. The number of hydrogen-bond donors (Lipinski definition) is 1. The standard InChI is InChI=1S/C22H17F3N4O3S/c1-13-4-2-5-14(8-13)20-28-29-19(31)10-16(27-21(29)33-20)11-26-18(30)12-32-17-7-3-6-15(9-17)22(23,24)25/h2-10H,11-12H2,1H3,(H,26,30). The molecule has 0 atom stereocenters. The number of ether oxygens (including phenoxy) is 1. The van der Waals surface area contributed by atoms with Crippen LogP contribution in [0.4, 0.5) is 13.2 Å². The summed E-state index contributed by atoms with van der Waals surface area (Å²) in [5.74, 6) is -0.648. The zero-order valence-electron chi connectivity index (χ0n) is 17.2. The molecule has 2 aromatic carbocycles. The van der Waals surface area contributed by atoms with Crippen molar-refractivity contribution in [3.8, 4) is 16.3 Å². The van der Waals surface area contributed by atoms with Crippen molar-refractivity contribution in [1.82, 2.24) is 19.9 Å². The fourth-order valence-electron chi connectivity index (χ4n) is 2.99. The molecule has 2 aromatic heterocycles. The second kappa shape index (κ2) is 9.02. The second-order valence-corrected chi connectivity index (χ2v) is 8.10. The molecule has 0 aliphatic rings. The second-order valence-electron chi connectivity index (χ2n) is 7.15. The summed E-state index contributed by atoms with van der Waals surface area (Å²) in [4.78, 5) is 29.2. The van der Waals surface area contributed by atoms with Gasteiger partial charge in [0.15, 0.2) is 6.61 Å². The summed E-state index contributed by atoms with van der Waals surface area (Å²) < 4.78 is 44.6. The molecule has 2 heterocycles. The van der Waals surface area contributed by atoms with Crippen LogP contribution in [0.25, 0.3) is 15.5 Å². The van der Waals surface area contributed by atoms with Crippen LogP contribution < -0.4 is 15.6 Å². The van der Waals surface area contributed by atoms with Gasteiger partial charge in [0, 0.05) is 11.6 Å². The highest BCUT2D eigenvalue weighted by molar-refractivity contribution is 7.19. The first-order chi connectivity index (χ1) is 15.7. The van der Waals surface area contributed by atoms with Crippen molar-refractivity contribution in [1.29, 1.82) is 0 Å². The molecule has 0 spiro atoms. The molecular weight excluding hydrogens is 457 g/mol. The minimum Gasteiger partial charge on any atom is -0.484 e. The maximum absolute atomic E-state index is 12.8. The van der Waals surface area contributed by atoms with Crippen molar-refractivity contribution in [2.24, 2.45) is 0 Å². The highest BCUT2D eigenvalue weighted by atomic mass is 32.1. The molecule has 0 saturated heterocycles. The average molecular weight is 474 g/mol. The van der Waals surface area contributed by atoms with Crippen LogP contribution in [0.15, 0.2) is 59.4 Å². The Hall–Kier alpha value is -3.73. The van der Waals surface area contributed by atoms with E-state index in [1.165, 1.54) is 34.1 Å². The van der Waals surface area contributed by atoms with E-state index in [-0.39, 0.29) is 17.9 Å². The highest BCUT2D eigenvalue weighted by Crippen LogP contribution is 2.31. The molecule has 11 heteroatoms. The van der Waals surface area contributed by atoms with Gasteiger partial charge < -0.3 is 10.1 Å². The number of benzene rings is 2. The molecule has 0 saturated carbocycles. The minimum absolute atomic E-state index is 0.0474. The lowest BCUT2D eigenvalue weighted by molar-refractivity contribution is -0.137. The Bertz CT molecular complexity index is 1380. The number of alkyl halides is 3. The van der Waals surface area contributed by atoms with E-state index in [9.17, 15) is 22.8 Å². The number of rotatable bonds is 6. The highest BCUT2D eigenvalue weighted by Gasteiger charge is 2.30. The number of amides is 1. The zero-order chi connectivity index (χ0) is 23.6. The number of halogens is 3. The van der Waals surface area contributed by atoms with E-state index in [4.69, 9.17) is 4.74 Å². The van der Waals surface area contributed by atoms with E-state index in [1.807, 2.05) is 31.2 Å². The number of carbonyl (C=O) groups excluding carboxylic acids is 1. The van der Waals surface area contributed by atoms with Gasteiger partial charge in [-0.2, -0.15) is 22.8 Å². The summed E-state index contributed by atoms with van der Waals surface area (Å²) in [7, 11) is 0. The third-order valence-electron chi connectivity index (χ3n) is 4.56. The predicted octanol–water partition coefficient (Wildman–Crippen LogP) is 3.84. The molecule has 0 radical (unpaired) electrons. The lowest BCUT2D eigenvalue weighted by Gasteiger charge is -2.10. The van der Waals surface area contributed by atoms with Crippen LogP contribution in [-0.4, -0.2) is 27.1 Å². The maximum atomic E-state index is 12.8. The molecule has 1 amide bonds. The summed E-state index contributed by atoms with van der Waals surface area (Å²) in [6, 6.07) is 13.2. The lowest BCUT2D eigenvalue weighted by Crippen LogP contribution is -2.29. The van der Waals surface area contributed by atoms with E-state index in [0.29, 0.717) is 15.7 Å². The molecule has 0 aliphatic heterocycles. The molecule has 0 fully saturated rings. The van der Waals surface area contributed by atoms with Crippen molar-refractivity contribution in [3.05, 3.63) is 81.8 Å².